The van der Waals surface area contributed by atoms with Crippen LogP contribution in [0.4, 0.5) is 0 Å². The molecule has 2 aliphatic heterocycles. The number of β-amino-alcohol motifs (C(OH)–C–C–N with tert-alkyl or cyclic N) is 1. The molecule has 2 amide bonds. The van der Waals surface area contributed by atoms with Crippen molar-refractivity contribution < 1.29 is 19.4 Å². The summed E-state index contributed by atoms with van der Waals surface area (Å²) in [4.78, 5) is 31.6. The second-order valence-electron chi connectivity index (χ2n) is 7.59. The number of hydrogen-bond acceptors (Lipinski definition) is 6. The summed E-state index contributed by atoms with van der Waals surface area (Å²) in [5, 5.41) is 15.4. The lowest BCUT2D eigenvalue weighted by atomic mass is 10.1. The number of methoxy groups -OCH3 is 1. The molecular formula is C19H26N4O4. The lowest BCUT2D eigenvalue weighted by Gasteiger charge is -2.22. The van der Waals surface area contributed by atoms with Gasteiger partial charge in [-0.1, -0.05) is 12.8 Å². The van der Waals surface area contributed by atoms with E-state index in [4.69, 9.17) is 4.74 Å². The van der Waals surface area contributed by atoms with E-state index in [1.165, 1.54) is 12.8 Å². The van der Waals surface area contributed by atoms with E-state index in [1.54, 1.807) is 13.2 Å². The third kappa shape index (κ3) is 3.51. The highest BCUT2D eigenvalue weighted by Crippen LogP contribution is 2.33. The number of hydrogen-bond donors (Lipinski definition) is 3. The average molecular weight is 374 g/mol. The normalized spacial score (nSPS) is 25.1. The molecule has 0 unspecified atom stereocenters. The molecular weight excluding hydrogens is 348 g/mol. The van der Waals surface area contributed by atoms with Crippen LogP contribution >= 0.6 is 0 Å². The first-order valence-corrected chi connectivity index (χ1v) is 9.63. The van der Waals surface area contributed by atoms with Crippen molar-refractivity contribution in [2.24, 2.45) is 0 Å². The molecule has 0 radical (unpaired) electrons. The predicted molar refractivity (Wildman–Crippen MR) is 97.2 cm³/mol. The molecule has 8 nitrogen and oxygen atoms in total. The number of amides is 2. The van der Waals surface area contributed by atoms with Crippen molar-refractivity contribution in [3.63, 3.8) is 0 Å². The number of aliphatic hydroxyl groups is 1. The van der Waals surface area contributed by atoms with Gasteiger partial charge >= 0.3 is 0 Å². The van der Waals surface area contributed by atoms with Gasteiger partial charge in [-0.25, -0.2) is 4.98 Å². The summed E-state index contributed by atoms with van der Waals surface area (Å²) < 4.78 is 5.39. The van der Waals surface area contributed by atoms with E-state index in [-0.39, 0.29) is 18.4 Å². The van der Waals surface area contributed by atoms with Gasteiger partial charge in [0, 0.05) is 24.7 Å². The first-order chi connectivity index (χ1) is 13.1. The summed E-state index contributed by atoms with van der Waals surface area (Å²) in [5.41, 5.74) is 2.05. The van der Waals surface area contributed by atoms with Crippen LogP contribution < -0.4 is 15.4 Å². The Labute approximate surface area is 158 Å². The zero-order valence-corrected chi connectivity index (χ0v) is 15.5. The van der Waals surface area contributed by atoms with Crippen LogP contribution in [0, 0.1) is 0 Å². The molecule has 0 aromatic carbocycles. The highest BCUT2D eigenvalue weighted by Gasteiger charge is 2.36. The van der Waals surface area contributed by atoms with Crippen LogP contribution in [0.15, 0.2) is 6.07 Å². The molecule has 3 N–H and O–H groups in total. The third-order valence-corrected chi connectivity index (χ3v) is 5.79. The monoisotopic (exact) mass is 374 g/mol. The number of nitrogens with zero attached hydrogens (tertiary/aromatic N) is 2. The van der Waals surface area contributed by atoms with Crippen LogP contribution in [0.2, 0.25) is 0 Å². The Morgan fingerprint density at radius 2 is 2.22 bits per heavy atom. The Balaban J connectivity index is 1.48. The second-order valence-corrected chi connectivity index (χ2v) is 7.59. The Hall–Kier alpha value is -2.19. The van der Waals surface area contributed by atoms with Crippen molar-refractivity contribution in [1.29, 1.82) is 0 Å². The Morgan fingerprint density at radius 3 is 2.89 bits per heavy atom. The van der Waals surface area contributed by atoms with E-state index in [0.29, 0.717) is 42.6 Å². The SMILES string of the molecule is COc1nc2c(cc1CNC(=O)[C@@H]1C[C@@H](O)CN1)C(=O)N(C1CCCC1)C2. The van der Waals surface area contributed by atoms with Crippen molar-refractivity contribution in [3.8, 4) is 5.88 Å². The van der Waals surface area contributed by atoms with Gasteiger partial charge in [-0.3, -0.25) is 9.59 Å². The fourth-order valence-electron chi connectivity index (χ4n) is 4.30. The van der Waals surface area contributed by atoms with Gasteiger partial charge in [0.05, 0.1) is 37.1 Å². The molecule has 1 saturated heterocycles. The maximum Gasteiger partial charge on any atom is 0.256 e. The molecule has 8 heteroatoms. The maximum absolute atomic E-state index is 12.8. The Kier molecular flexibility index (Phi) is 5.01. The van der Waals surface area contributed by atoms with E-state index in [2.05, 4.69) is 15.6 Å². The molecule has 1 aliphatic carbocycles. The molecule has 3 aliphatic rings. The zero-order chi connectivity index (χ0) is 19.0. The molecule has 2 atom stereocenters. The summed E-state index contributed by atoms with van der Waals surface area (Å²) in [7, 11) is 1.54. The minimum Gasteiger partial charge on any atom is -0.481 e. The van der Waals surface area contributed by atoms with Gasteiger partial charge in [0.15, 0.2) is 0 Å². The molecule has 1 saturated carbocycles. The summed E-state index contributed by atoms with van der Waals surface area (Å²) >= 11 is 0. The van der Waals surface area contributed by atoms with E-state index < -0.39 is 12.1 Å². The standard InChI is InChI=1S/C19H26N4O4/c1-27-18-11(8-21-17(25)15-7-13(24)9-20-15)6-14-16(22-18)10-23(19(14)26)12-4-2-3-5-12/h6,12-13,15,20,24H,2-5,7-10H2,1H3,(H,21,25)/t13-,15+/m1/s1. The molecule has 4 rings (SSSR count). The fourth-order valence-corrected chi connectivity index (χ4v) is 4.30. The quantitative estimate of drug-likeness (QED) is 0.686. The van der Waals surface area contributed by atoms with Crippen molar-refractivity contribution >= 4 is 11.8 Å². The number of rotatable bonds is 5. The number of aliphatic hydroxyl groups excluding tert-OH is 1. The summed E-state index contributed by atoms with van der Waals surface area (Å²) in [5.74, 6) is 0.294. The number of carbonyl (C=O) groups excluding carboxylic acids is 2. The average Bonchev–Trinajstić information content (AvgIpc) is 3.40. The number of fused-ring (bicyclic) bond motifs is 1. The zero-order valence-electron chi connectivity index (χ0n) is 15.5. The lowest BCUT2D eigenvalue weighted by Crippen LogP contribution is -2.40. The molecule has 1 aromatic heterocycles. The second kappa shape index (κ2) is 7.44. The Morgan fingerprint density at radius 1 is 1.44 bits per heavy atom. The topological polar surface area (TPSA) is 104 Å². The summed E-state index contributed by atoms with van der Waals surface area (Å²) in [6.07, 6.45) is 4.36. The van der Waals surface area contributed by atoms with Gasteiger partial charge in [-0.2, -0.15) is 0 Å². The van der Waals surface area contributed by atoms with E-state index in [9.17, 15) is 14.7 Å². The number of nitrogens with one attached hydrogen (secondary N) is 2. The van der Waals surface area contributed by atoms with Crippen LogP contribution in [0.3, 0.4) is 0 Å². The van der Waals surface area contributed by atoms with Gasteiger partial charge in [-0.05, 0) is 25.3 Å². The minimum atomic E-state index is -0.490. The summed E-state index contributed by atoms with van der Waals surface area (Å²) in [6, 6.07) is 1.71. The van der Waals surface area contributed by atoms with E-state index >= 15 is 0 Å². The third-order valence-electron chi connectivity index (χ3n) is 5.79. The summed E-state index contributed by atoms with van der Waals surface area (Å²) in [6.45, 7) is 1.19. The highest BCUT2D eigenvalue weighted by molar-refractivity contribution is 5.98. The minimum absolute atomic E-state index is 0.0280. The van der Waals surface area contributed by atoms with Gasteiger partial charge in [0.25, 0.3) is 5.91 Å². The Bertz CT molecular complexity index is 747. The van der Waals surface area contributed by atoms with Gasteiger partial charge in [0.1, 0.15) is 0 Å². The number of aromatic nitrogens is 1. The first-order valence-electron chi connectivity index (χ1n) is 9.63. The van der Waals surface area contributed by atoms with E-state index in [0.717, 1.165) is 18.5 Å². The van der Waals surface area contributed by atoms with Crippen molar-refractivity contribution in [1.82, 2.24) is 20.5 Å². The van der Waals surface area contributed by atoms with Crippen LogP contribution in [0.5, 0.6) is 5.88 Å². The molecule has 3 heterocycles. The van der Waals surface area contributed by atoms with Crippen LogP contribution in [0.1, 0.15) is 53.7 Å². The van der Waals surface area contributed by atoms with Gasteiger partial charge in [-0.15, -0.1) is 0 Å². The number of carbonyl (C=O) groups is 2. The molecule has 1 aromatic rings. The van der Waals surface area contributed by atoms with Crippen LogP contribution in [-0.2, 0) is 17.9 Å². The number of ether oxygens (including phenoxy) is 1. The molecule has 2 fully saturated rings. The van der Waals surface area contributed by atoms with Crippen molar-refractivity contribution in [3.05, 3.63) is 22.9 Å². The largest absolute Gasteiger partial charge is 0.481 e. The lowest BCUT2D eigenvalue weighted by molar-refractivity contribution is -0.123. The number of pyridine rings is 1. The van der Waals surface area contributed by atoms with Crippen molar-refractivity contribution in [2.75, 3.05) is 13.7 Å². The molecule has 146 valence electrons. The van der Waals surface area contributed by atoms with Gasteiger partial charge < -0.3 is 25.4 Å². The smallest absolute Gasteiger partial charge is 0.256 e. The van der Waals surface area contributed by atoms with E-state index in [1.807, 2.05) is 4.90 Å². The molecule has 0 bridgehead atoms. The highest BCUT2D eigenvalue weighted by atomic mass is 16.5. The van der Waals surface area contributed by atoms with Crippen LogP contribution in [-0.4, -0.2) is 58.6 Å². The maximum atomic E-state index is 12.8. The van der Waals surface area contributed by atoms with Crippen LogP contribution in [0.25, 0.3) is 0 Å². The van der Waals surface area contributed by atoms with Gasteiger partial charge in [0.2, 0.25) is 11.8 Å². The fraction of sp³-hybridized carbons (Fsp3) is 0.632. The molecule has 27 heavy (non-hydrogen) atoms. The first kappa shape index (κ1) is 18.2. The van der Waals surface area contributed by atoms with Crippen molar-refractivity contribution in [2.45, 2.75) is 63.4 Å². The molecule has 0 spiro atoms. The predicted octanol–water partition coefficient (Wildman–Crippen LogP) is 0.328.